The molecule has 2 unspecified atom stereocenters. The van der Waals surface area contributed by atoms with Crippen LogP contribution in [-0.4, -0.2) is 31.6 Å². The Kier molecular flexibility index (Phi) is 6.05. The van der Waals surface area contributed by atoms with Crippen molar-refractivity contribution < 1.29 is 9.53 Å². The van der Waals surface area contributed by atoms with E-state index in [1.807, 2.05) is 0 Å². The van der Waals surface area contributed by atoms with Gasteiger partial charge < -0.3 is 10.1 Å². The molecule has 1 N–H and O–H groups in total. The third-order valence-corrected chi connectivity index (χ3v) is 4.18. The SMILES string of the molecule is CCCNC1COCC1C(=O)C1=CCCCCCC1. The molecule has 2 aliphatic rings. The molecule has 0 bridgehead atoms. The van der Waals surface area contributed by atoms with Gasteiger partial charge in [0.2, 0.25) is 0 Å². The van der Waals surface area contributed by atoms with E-state index in [0.717, 1.165) is 37.8 Å². The lowest BCUT2D eigenvalue weighted by molar-refractivity contribution is -0.119. The lowest BCUT2D eigenvalue weighted by Gasteiger charge is -2.20. The number of hydrogen-bond acceptors (Lipinski definition) is 3. The van der Waals surface area contributed by atoms with Crippen molar-refractivity contribution in [1.29, 1.82) is 0 Å². The van der Waals surface area contributed by atoms with Crippen molar-refractivity contribution in [2.45, 2.75) is 57.9 Å². The second kappa shape index (κ2) is 7.81. The molecule has 2 atom stereocenters. The summed E-state index contributed by atoms with van der Waals surface area (Å²) in [6, 6.07) is 0.221. The van der Waals surface area contributed by atoms with E-state index in [4.69, 9.17) is 4.74 Å². The van der Waals surface area contributed by atoms with E-state index in [2.05, 4.69) is 18.3 Å². The molecule has 1 aliphatic heterocycles. The summed E-state index contributed by atoms with van der Waals surface area (Å²) in [5, 5.41) is 3.46. The molecule has 0 aromatic rings. The number of ketones is 1. The topological polar surface area (TPSA) is 38.3 Å². The van der Waals surface area contributed by atoms with Crippen molar-refractivity contribution in [1.82, 2.24) is 5.32 Å². The summed E-state index contributed by atoms with van der Waals surface area (Å²) < 4.78 is 5.52. The van der Waals surface area contributed by atoms with Crippen LogP contribution in [0.2, 0.25) is 0 Å². The lowest BCUT2D eigenvalue weighted by atomic mass is 9.88. The molecule has 0 spiro atoms. The molecule has 1 fully saturated rings. The average Bonchev–Trinajstić information content (AvgIpc) is 2.83. The van der Waals surface area contributed by atoms with Gasteiger partial charge in [-0.1, -0.05) is 25.8 Å². The van der Waals surface area contributed by atoms with Crippen LogP contribution in [-0.2, 0) is 9.53 Å². The summed E-state index contributed by atoms with van der Waals surface area (Å²) in [5.74, 6) is 0.380. The minimum atomic E-state index is 0.0391. The van der Waals surface area contributed by atoms with Crippen molar-refractivity contribution in [2.75, 3.05) is 19.8 Å². The van der Waals surface area contributed by atoms with Gasteiger partial charge in [0.1, 0.15) is 0 Å². The molecule has 108 valence electrons. The zero-order chi connectivity index (χ0) is 13.5. The van der Waals surface area contributed by atoms with E-state index in [9.17, 15) is 4.79 Å². The fraction of sp³-hybridized carbons (Fsp3) is 0.812. The van der Waals surface area contributed by atoms with Crippen molar-refractivity contribution in [2.24, 2.45) is 5.92 Å². The Balaban J connectivity index is 1.96. The Hall–Kier alpha value is -0.670. The van der Waals surface area contributed by atoms with Gasteiger partial charge >= 0.3 is 0 Å². The molecular formula is C16H27NO2. The molecule has 1 saturated heterocycles. The van der Waals surface area contributed by atoms with Crippen LogP contribution in [0.25, 0.3) is 0 Å². The minimum absolute atomic E-state index is 0.0391. The Morgan fingerprint density at radius 1 is 1.32 bits per heavy atom. The van der Waals surface area contributed by atoms with Gasteiger partial charge in [-0.3, -0.25) is 4.79 Å². The molecule has 3 heteroatoms. The van der Waals surface area contributed by atoms with E-state index in [-0.39, 0.29) is 12.0 Å². The van der Waals surface area contributed by atoms with Gasteiger partial charge in [-0.25, -0.2) is 0 Å². The molecule has 1 heterocycles. The lowest BCUT2D eigenvalue weighted by Crippen LogP contribution is -2.40. The second-order valence-corrected chi connectivity index (χ2v) is 5.75. The summed E-state index contributed by atoms with van der Waals surface area (Å²) in [7, 11) is 0. The van der Waals surface area contributed by atoms with Crippen LogP contribution in [0.1, 0.15) is 51.9 Å². The predicted octanol–water partition coefficient (Wildman–Crippen LogP) is 2.85. The summed E-state index contributed by atoms with van der Waals surface area (Å²) in [4.78, 5) is 12.7. The second-order valence-electron chi connectivity index (χ2n) is 5.75. The third kappa shape index (κ3) is 4.15. The first-order valence-corrected chi connectivity index (χ1v) is 7.87. The first-order valence-electron chi connectivity index (χ1n) is 7.87. The maximum absolute atomic E-state index is 12.7. The van der Waals surface area contributed by atoms with E-state index in [1.165, 1.54) is 19.3 Å². The number of hydrogen-bond donors (Lipinski definition) is 1. The molecule has 19 heavy (non-hydrogen) atoms. The van der Waals surface area contributed by atoms with Gasteiger partial charge in [0.05, 0.1) is 19.1 Å². The molecule has 1 aliphatic carbocycles. The van der Waals surface area contributed by atoms with Crippen LogP contribution in [0.15, 0.2) is 11.6 Å². The largest absolute Gasteiger partial charge is 0.379 e. The number of carbonyl (C=O) groups is 1. The van der Waals surface area contributed by atoms with Gasteiger partial charge in [-0.15, -0.1) is 0 Å². The number of nitrogens with one attached hydrogen (secondary N) is 1. The van der Waals surface area contributed by atoms with Crippen molar-refractivity contribution in [3.8, 4) is 0 Å². The quantitative estimate of drug-likeness (QED) is 0.830. The standard InChI is InChI=1S/C16H27NO2/c1-2-10-17-15-12-19-11-14(15)16(18)13-8-6-4-3-5-7-9-13/h8,14-15,17H,2-7,9-12H2,1H3. The molecule has 2 rings (SSSR count). The first kappa shape index (κ1) is 14.7. The number of allylic oxidation sites excluding steroid dienone is 2. The summed E-state index contributed by atoms with van der Waals surface area (Å²) in [6.45, 7) is 4.40. The number of ether oxygens (including phenoxy) is 1. The fourth-order valence-corrected chi connectivity index (χ4v) is 3.00. The number of rotatable bonds is 5. The fourth-order valence-electron chi connectivity index (χ4n) is 3.00. The Bertz CT molecular complexity index is 325. The first-order chi connectivity index (χ1) is 9.33. The van der Waals surface area contributed by atoms with E-state index < -0.39 is 0 Å². The Morgan fingerprint density at radius 3 is 3.00 bits per heavy atom. The summed E-state index contributed by atoms with van der Waals surface area (Å²) in [6.07, 6.45) is 10.3. The zero-order valence-electron chi connectivity index (χ0n) is 12.1. The highest BCUT2D eigenvalue weighted by Gasteiger charge is 2.34. The molecule has 3 nitrogen and oxygen atoms in total. The number of Topliss-reactive ketones (excluding diaryl/α,β-unsaturated/α-hetero) is 1. The highest BCUT2D eigenvalue weighted by atomic mass is 16.5. The van der Waals surface area contributed by atoms with Gasteiger partial charge in [0.15, 0.2) is 5.78 Å². The summed E-state index contributed by atoms with van der Waals surface area (Å²) in [5.41, 5.74) is 1.07. The van der Waals surface area contributed by atoms with Gasteiger partial charge in [-0.2, -0.15) is 0 Å². The molecule has 0 radical (unpaired) electrons. The van der Waals surface area contributed by atoms with E-state index >= 15 is 0 Å². The normalized spacial score (nSPS) is 28.6. The minimum Gasteiger partial charge on any atom is -0.379 e. The Labute approximate surface area is 116 Å². The highest BCUT2D eigenvalue weighted by molar-refractivity contribution is 5.97. The number of carbonyl (C=O) groups excluding carboxylic acids is 1. The molecular weight excluding hydrogens is 238 g/mol. The van der Waals surface area contributed by atoms with Crippen LogP contribution in [0.5, 0.6) is 0 Å². The van der Waals surface area contributed by atoms with Gasteiger partial charge in [0.25, 0.3) is 0 Å². The summed E-state index contributed by atoms with van der Waals surface area (Å²) >= 11 is 0. The Morgan fingerprint density at radius 2 is 2.16 bits per heavy atom. The highest BCUT2D eigenvalue weighted by Crippen LogP contribution is 2.24. The predicted molar refractivity (Wildman–Crippen MR) is 77.2 cm³/mol. The average molecular weight is 265 g/mol. The van der Waals surface area contributed by atoms with Gasteiger partial charge in [-0.05, 0) is 44.2 Å². The van der Waals surface area contributed by atoms with Crippen molar-refractivity contribution >= 4 is 5.78 Å². The van der Waals surface area contributed by atoms with Crippen LogP contribution < -0.4 is 5.32 Å². The van der Waals surface area contributed by atoms with E-state index in [0.29, 0.717) is 19.0 Å². The van der Waals surface area contributed by atoms with Crippen LogP contribution in [0, 0.1) is 5.92 Å². The monoisotopic (exact) mass is 265 g/mol. The van der Waals surface area contributed by atoms with Crippen molar-refractivity contribution in [3.63, 3.8) is 0 Å². The van der Waals surface area contributed by atoms with Crippen LogP contribution >= 0.6 is 0 Å². The smallest absolute Gasteiger partial charge is 0.165 e. The maximum atomic E-state index is 12.7. The zero-order valence-corrected chi connectivity index (χ0v) is 12.1. The molecule has 0 saturated carbocycles. The molecule has 0 aromatic heterocycles. The van der Waals surface area contributed by atoms with E-state index in [1.54, 1.807) is 0 Å². The molecule has 0 aromatic carbocycles. The third-order valence-electron chi connectivity index (χ3n) is 4.18. The van der Waals surface area contributed by atoms with Crippen molar-refractivity contribution in [3.05, 3.63) is 11.6 Å². The maximum Gasteiger partial charge on any atom is 0.165 e. The van der Waals surface area contributed by atoms with Crippen LogP contribution in [0.4, 0.5) is 0 Å². The van der Waals surface area contributed by atoms with Gasteiger partial charge in [0, 0.05) is 6.04 Å². The van der Waals surface area contributed by atoms with Crippen LogP contribution in [0.3, 0.4) is 0 Å². The molecule has 0 amide bonds.